The topological polar surface area (TPSA) is 104 Å². The van der Waals surface area contributed by atoms with Crippen LogP contribution in [0.4, 0.5) is 24.8 Å². The molecule has 1 saturated carbocycles. The minimum absolute atomic E-state index is 0.147. The van der Waals surface area contributed by atoms with Gasteiger partial charge in [0.1, 0.15) is 18.0 Å². The van der Waals surface area contributed by atoms with E-state index in [9.17, 15) is 22.8 Å². The van der Waals surface area contributed by atoms with Gasteiger partial charge in [-0.25, -0.2) is 4.98 Å². The van der Waals surface area contributed by atoms with Gasteiger partial charge < -0.3 is 29.4 Å². The van der Waals surface area contributed by atoms with E-state index in [1.54, 1.807) is 12.1 Å². The number of hydrogen-bond acceptors (Lipinski definition) is 7. The van der Waals surface area contributed by atoms with E-state index in [0.29, 0.717) is 22.9 Å². The fourth-order valence-electron chi connectivity index (χ4n) is 4.82. The minimum atomic E-state index is -4.77. The molecule has 3 aromatic rings. The van der Waals surface area contributed by atoms with Crippen molar-refractivity contribution < 1.29 is 37.0 Å². The van der Waals surface area contributed by atoms with E-state index >= 15 is 0 Å². The SMILES string of the molecule is COC(=O)CNC(=O)COc1ccc2c(c1)nc(Nc1ccc(OC(F)(F)F)cc1)n2[C@H]1CCCC(C)(C)C1. The number of nitrogens with zero attached hydrogens (tertiary/aromatic N) is 2. The predicted molar refractivity (Wildman–Crippen MR) is 138 cm³/mol. The van der Waals surface area contributed by atoms with Crippen molar-refractivity contribution in [2.75, 3.05) is 25.6 Å². The van der Waals surface area contributed by atoms with Gasteiger partial charge in [-0.1, -0.05) is 20.3 Å². The van der Waals surface area contributed by atoms with Gasteiger partial charge in [0, 0.05) is 17.8 Å². The quantitative estimate of drug-likeness (QED) is 0.341. The van der Waals surface area contributed by atoms with Crippen LogP contribution in [0.2, 0.25) is 0 Å². The molecule has 210 valence electrons. The van der Waals surface area contributed by atoms with Crippen LogP contribution in [0.25, 0.3) is 11.0 Å². The van der Waals surface area contributed by atoms with Gasteiger partial charge in [-0.2, -0.15) is 0 Å². The zero-order chi connectivity index (χ0) is 28.2. The highest BCUT2D eigenvalue weighted by molar-refractivity contribution is 5.84. The molecule has 0 spiro atoms. The second-order valence-corrected chi connectivity index (χ2v) is 10.2. The summed E-state index contributed by atoms with van der Waals surface area (Å²) in [5.41, 5.74) is 2.19. The number of carbonyl (C=O) groups excluding carboxylic acids is 2. The first-order valence-electron chi connectivity index (χ1n) is 12.5. The highest BCUT2D eigenvalue weighted by Gasteiger charge is 2.32. The Morgan fingerprint density at radius 3 is 2.51 bits per heavy atom. The lowest BCUT2D eigenvalue weighted by atomic mass is 9.75. The molecule has 39 heavy (non-hydrogen) atoms. The maximum Gasteiger partial charge on any atom is 0.573 e. The van der Waals surface area contributed by atoms with Crippen molar-refractivity contribution in [1.29, 1.82) is 0 Å². The van der Waals surface area contributed by atoms with E-state index in [0.717, 1.165) is 31.2 Å². The molecule has 1 heterocycles. The maximum absolute atomic E-state index is 12.5. The van der Waals surface area contributed by atoms with Crippen molar-refractivity contribution in [3.63, 3.8) is 0 Å². The lowest BCUT2D eigenvalue weighted by Gasteiger charge is -2.36. The molecule has 0 saturated heterocycles. The molecule has 1 amide bonds. The van der Waals surface area contributed by atoms with Crippen LogP contribution in [0, 0.1) is 5.41 Å². The van der Waals surface area contributed by atoms with E-state index in [1.807, 2.05) is 6.07 Å². The van der Waals surface area contributed by atoms with Crippen LogP contribution in [0.5, 0.6) is 11.5 Å². The molecule has 4 rings (SSSR count). The Bertz CT molecular complexity index is 1320. The third-order valence-electron chi connectivity index (χ3n) is 6.58. The van der Waals surface area contributed by atoms with Gasteiger partial charge in [-0.15, -0.1) is 13.2 Å². The van der Waals surface area contributed by atoms with E-state index in [-0.39, 0.29) is 30.4 Å². The van der Waals surface area contributed by atoms with Crippen LogP contribution in [-0.2, 0) is 14.3 Å². The van der Waals surface area contributed by atoms with Gasteiger partial charge in [-0.05, 0) is 61.1 Å². The molecule has 0 radical (unpaired) electrons. The van der Waals surface area contributed by atoms with Crippen molar-refractivity contribution in [2.45, 2.75) is 51.9 Å². The monoisotopic (exact) mass is 548 g/mol. The van der Waals surface area contributed by atoms with Crippen molar-refractivity contribution >= 4 is 34.5 Å². The Morgan fingerprint density at radius 2 is 1.85 bits per heavy atom. The largest absolute Gasteiger partial charge is 0.573 e. The number of benzene rings is 2. The summed E-state index contributed by atoms with van der Waals surface area (Å²) in [6, 6.07) is 11.0. The number of hydrogen-bond donors (Lipinski definition) is 2. The zero-order valence-corrected chi connectivity index (χ0v) is 21.9. The van der Waals surface area contributed by atoms with Gasteiger partial charge in [0.05, 0.1) is 18.1 Å². The van der Waals surface area contributed by atoms with Crippen molar-refractivity contribution in [3.05, 3.63) is 42.5 Å². The van der Waals surface area contributed by atoms with Crippen LogP contribution < -0.4 is 20.1 Å². The molecule has 12 heteroatoms. The van der Waals surface area contributed by atoms with Crippen LogP contribution in [0.1, 0.15) is 45.6 Å². The molecule has 1 aliphatic rings. The number of anilines is 2. The summed E-state index contributed by atoms with van der Waals surface area (Å²) in [6.45, 7) is 3.93. The van der Waals surface area contributed by atoms with Crippen molar-refractivity contribution in [3.8, 4) is 11.5 Å². The first kappa shape index (κ1) is 28.1. The number of rotatable bonds is 9. The minimum Gasteiger partial charge on any atom is -0.484 e. The third kappa shape index (κ3) is 7.55. The van der Waals surface area contributed by atoms with Crippen LogP contribution in [-0.4, -0.2) is 48.1 Å². The number of carbonyl (C=O) groups is 2. The number of fused-ring (bicyclic) bond motifs is 1. The molecule has 2 N–H and O–H groups in total. The van der Waals surface area contributed by atoms with Crippen LogP contribution >= 0.6 is 0 Å². The number of amides is 1. The number of halogens is 3. The average Bonchev–Trinajstić information content (AvgIpc) is 3.22. The number of ether oxygens (including phenoxy) is 3. The number of imidazole rings is 1. The summed E-state index contributed by atoms with van der Waals surface area (Å²) in [6.07, 6.45) is -0.694. The molecule has 1 aliphatic carbocycles. The summed E-state index contributed by atoms with van der Waals surface area (Å²) in [5, 5.41) is 5.65. The molecule has 1 atom stereocenters. The van der Waals surface area contributed by atoms with Crippen LogP contribution in [0.3, 0.4) is 0 Å². The van der Waals surface area contributed by atoms with Gasteiger partial charge in [-0.3, -0.25) is 9.59 Å². The Labute approximate surface area is 223 Å². The summed E-state index contributed by atoms with van der Waals surface area (Å²) in [5.74, 6) is -0.387. The lowest BCUT2D eigenvalue weighted by Crippen LogP contribution is -2.33. The van der Waals surface area contributed by atoms with E-state index in [1.165, 1.54) is 31.4 Å². The number of aromatic nitrogens is 2. The Kier molecular flexibility index (Phi) is 8.22. The molecule has 1 fully saturated rings. The van der Waals surface area contributed by atoms with Gasteiger partial charge >= 0.3 is 12.3 Å². The molecule has 0 aliphatic heterocycles. The van der Waals surface area contributed by atoms with E-state index in [4.69, 9.17) is 9.72 Å². The highest BCUT2D eigenvalue weighted by Crippen LogP contribution is 2.44. The number of methoxy groups -OCH3 is 1. The smallest absolute Gasteiger partial charge is 0.484 e. The highest BCUT2D eigenvalue weighted by atomic mass is 19.4. The van der Waals surface area contributed by atoms with Gasteiger partial charge in [0.25, 0.3) is 5.91 Å². The Morgan fingerprint density at radius 1 is 1.13 bits per heavy atom. The molecule has 0 bridgehead atoms. The molecule has 1 aromatic heterocycles. The lowest BCUT2D eigenvalue weighted by molar-refractivity contribution is -0.274. The summed E-state index contributed by atoms with van der Waals surface area (Å²) >= 11 is 0. The zero-order valence-electron chi connectivity index (χ0n) is 21.9. The van der Waals surface area contributed by atoms with Gasteiger partial charge in [0.2, 0.25) is 5.95 Å². The fourth-order valence-corrected chi connectivity index (χ4v) is 4.82. The molecule has 0 unspecified atom stereocenters. The summed E-state index contributed by atoms with van der Waals surface area (Å²) < 4.78 is 53.8. The first-order chi connectivity index (χ1) is 18.4. The predicted octanol–water partition coefficient (Wildman–Crippen LogP) is 5.49. The Hall–Kier alpha value is -3.96. The summed E-state index contributed by atoms with van der Waals surface area (Å²) in [7, 11) is 1.23. The molecule has 9 nitrogen and oxygen atoms in total. The van der Waals surface area contributed by atoms with E-state index in [2.05, 4.69) is 38.5 Å². The normalized spacial score (nSPS) is 16.9. The maximum atomic E-state index is 12.5. The number of nitrogens with one attached hydrogen (secondary N) is 2. The third-order valence-corrected chi connectivity index (χ3v) is 6.58. The number of alkyl halides is 3. The second-order valence-electron chi connectivity index (χ2n) is 10.2. The van der Waals surface area contributed by atoms with Crippen molar-refractivity contribution in [1.82, 2.24) is 14.9 Å². The molecular formula is C27H31F3N4O5. The second kappa shape index (κ2) is 11.4. The molecular weight excluding hydrogens is 517 g/mol. The standard InChI is InChI=1S/C27H31F3N4O5/c1-26(2)12-4-5-18(14-26)34-22-11-10-20(38-16-23(35)31-15-24(36)37-3)13-21(22)33-25(34)32-17-6-8-19(9-7-17)39-27(28,29)30/h6-11,13,18H,4-5,12,14-16H2,1-3H3,(H,31,35)(H,32,33)/t18-/m0/s1. The van der Waals surface area contributed by atoms with Crippen LogP contribution in [0.15, 0.2) is 42.5 Å². The number of esters is 1. The first-order valence-corrected chi connectivity index (χ1v) is 12.5. The van der Waals surface area contributed by atoms with E-state index < -0.39 is 18.2 Å². The van der Waals surface area contributed by atoms with Crippen molar-refractivity contribution in [2.24, 2.45) is 5.41 Å². The Balaban J connectivity index is 1.58. The average molecular weight is 549 g/mol. The molecule has 2 aromatic carbocycles. The summed E-state index contributed by atoms with van der Waals surface area (Å²) in [4.78, 5) is 28.0. The fraction of sp³-hybridized carbons (Fsp3) is 0.444. The van der Waals surface area contributed by atoms with Gasteiger partial charge in [0.15, 0.2) is 6.61 Å².